The van der Waals surface area contributed by atoms with Gasteiger partial charge >= 0.3 is 0 Å². The van der Waals surface area contributed by atoms with Gasteiger partial charge in [-0.1, -0.05) is 26.4 Å². The summed E-state index contributed by atoms with van der Waals surface area (Å²) in [6.07, 6.45) is 1.86. The van der Waals surface area contributed by atoms with Crippen molar-refractivity contribution in [1.82, 2.24) is 4.98 Å². The van der Waals surface area contributed by atoms with E-state index in [0.29, 0.717) is 0 Å². The molecule has 1 N–H and O–H groups in total. The predicted octanol–water partition coefficient (Wildman–Crippen LogP) is 3.65. The van der Waals surface area contributed by atoms with Gasteiger partial charge in [0, 0.05) is 5.43 Å². The number of aromatic nitrogens is 1. The van der Waals surface area contributed by atoms with Gasteiger partial charge in [0.05, 0.1) is 17.6 Å². The molecule has 0 atom stereocenters. The number of aryl methyl sites for hydroxylation is 1. The van der Waals surface area contributed by atoms with Gasteiger partial charge in [-0.25, -0.2) is 0 Å². The molecule has 3 heteroatoms. The van der Waals surface area contributed by atoms with Crippen molar-refractivity contribution >= 4 is 20.1 Å². The third kappa shape index (κ3) is 2.30. The van der Waals surface area contributed by atoms with Crippen LogP contribution in [-0.4, -0.2) is 11.2 Å². The summed E-state index contributed by atoms with van der Waals surface area (Å²) < 4.78 is 0. The van der Waals surface area contributed by atoms with Gasteiger partial charge in [-0.2, -0.15) is 0 Å². The molecule has 70 valence electrons. The minimum absolute atomic E-state index is 0.983. The lowest BCUT2D eigenvalue weighted by atomic mass is 10.3. The van der Waals surface area contributed by atoms with Crippen LogP contribution in [0, 0.1) is 6.92 Å². The molecule has 1 heterocycles. The second kappa shape index (κ2) is 4.21. The van der Waals surface area contributed by atoms with Gasteiger partial charge in [0.2, 0.25) is 0 Å². The van der Waals surface area contributed by atoms with Gasteiger partial charge in [-0.05, 0) is 24.9 Å². The molecule has 0 unspecified atom stereocenters. The van der Waals surface area contributed by atoms with Crippen LogP contribution < -0.4 is 0 Å². The summed E-state index contributed by atoms with van der Waals surface area (Å²) in [4.78, 5) is 7.59. The van der Waals surface area contributed by atoms with E-state index in [1.807, 2.05) is 36.5 Å². The van der Waals surface area contributed by atoms with E-state index in [4.69, 9.17) is 0 Å². The fourth-order valence-corrected chi connectivity index (χ4v) is 1.82. The molecule has 0 aliphatic carbocycles. The van der Waals surface area contributed by atoms with Crippen molar-refractivity contribution in [2.75, 3.05) is 0 Å². The Hall–Kier alpha value is -1.40. The number of hydrogen-bond donors (Lipinski definition) is 1. The Morgan fingerprint density at radius 3 is 2.71 bits per heavy atom. The van der Waals surface area contributed by atoms with Crippen LogP contribution >= 0.6 is 8.19 Å². The van der Waals surface area contributed by atoms with Gasteiger partial charge in [0.1, 0.15) is 0 Å². The Balaban J connectivity index is 2.15. The Bertz CT molecular complexity index is 432. The van der Waals surface area contributed by atoms with Gasteiger partial charge in [-0.3, -0.25) is 4.99 Å². The SMILES string of the molecule is Cc1[nH]c(/C=N/c2ccccc2)cp1. The molecule has 0 spiro atoms. The molecule has 2 rings (SSSR count). The molecule has 0 aliphatic rings. The number of para-hydroxylation sites is 1. The molecule has 2 nitrogen and oxygen atoms in total. The zero-order valence-electron chi connectivity index (χ0n) is 7.94. The number of nitrogens with one attached hydrogen (secondary N) is 1. The van der Waals surface area contributed by atoms with E-state index in [-0.39, 0.29) is 0 Å². The topological polar surface area (TPSA) is 28.1 Å². The number of rotatable bonds is 2. The first-order chi connectivity index (χ1) is 6.84. The molecule has 0 aliphatic heterocycles. The minimum Gasteiger partial charge on any atom is -0.354 e. The Kier molecular flexibility index (Phi) is 2.76. The van der Waals surface area contributed by atoms with Gasteiger partial charge in [-0.15, -0.1) is 0 Å². The molecular formula is C11H11N2P. The molecule has 0 saturated heterocycles. The maximum Gasteiger partial charge on any atom is 0.0630 e. The molecule has 2 aromatic rings. The average Bonchev–Trinajstić information content (AvgIpc) is 2.63. The Morgan fingerprint density at radius 1 is 1.29 bits per heavy atom. The smallest absolute Gasteiger partial charge is 0.0630 e. The molecule has 0 bridgehead atoms. The standard InChI is InChI=1S/C11H11N2P/c1-9-13-11(8-14-9)7-12-10-5-3-2-4-6-10/h2-8,13H,1H3/b12-7+. The first-order valence-electron chi connectivity index (χ1n) is 4.45. The second-order valence-corrected chi connectivity index (χ2v) is 4.20. The number of aromatic amines is 1. The number of benzene rings is 1. The quantitative estimate of drug-likeness (QED) is 0.720. The predicted molar refractivity (Wildman–Crippen MR) is 61.7 cm³/mol. The van der Waals surface area contributed by atoms with Crippen LogP contribution in [0.3, 0.4) is 0 Å². The summed E-state index contributed by atoms with van der Waals surface area (Å²) in [6, 6.07) is 9.93. The van der Waals surface area contributed by atoms with Crippen LogP contribution in [0.4, 0.5) is 5.69 Å². The summed E-state index contributed by atoms with van der Waals surface area (Å²) in [5.41, 5.74) is 3.31. The number of nitrogens with zero attached hydrogens (tertiary/aromatic N) is 1. The maximum absolute atomic E-state index is 4.35. The number of aliphatic imine (C=N–C) groups is 1. The third-order valence-corrected chi connectivity index (χ3v) is 2.74. The molecule has 0 radical (unpaired) electrons. The summed E-state index contributed by atoms with van der Waals surface area (Å²) in [5.74, 6) is 2.11. The molecule has 1 aromatic carbocycles. The lowest BCUT2D eigenvalue weighted by Crippen LogP contribution is -1.79. The fourth-order valence-electron chi connectivity index (χ4n) is 1.16. The monoisotopic (exact) mass is 202 g/mol. The van der Waals surface area contributed by atoms with E-state index in [9.17, 15) is 0 Å². The van der Waals surface area contributed by atoms with Crippen LogP contribution in [0.5, 0.6) is 0 Å². The Morgan fingerprint density at radius 2 is 2.07 bits per heavy atom. The highest BCUT2D eigenvalue weighted by atomic mass is 31.0. The second-order valence-electron chi connectivity index (χ2n) is 3.02. The van der Waals surface area contributed by atoms with Crippen molar-refractivity contribution in [3.63, 3.8) is 0 Å². The largest absolute Gasteiger partial charge is 0.354 e. The zero-order valence-corrected chi connectivity index (χ0v) is 8.83. The summed E-state index contributed by atoms with van der Waals surface area (Å²) in [6.45, 7) is 2.07. The zero-order chi connectivity index (χ0) is 9.80. The summed E-state index contributed by atoms with van der Waals surface area (Å²) in [7, 11) is 1.24. The molecule has 0 saturated carbocycles. The highest BCUT2D eigenvalue weighted by molar-refractivity contribution is 7.30. The normalized spacial score (nSPS) is 11.5. The lowest BCUT2D eigenvalue weighted by molar-refractivity contribution is 1.28. The van der Waals surface area contributed by atoms with Crippen LogP contribution in [0.25, 0.3) is 0 Å². The third-order valence-electron chi connectivity index (χ3n) is 1.83. The number of H-pyrrole nitrogens is 1. The molecule has 1 aromatic heterocycles. The van der Waals surface area contributed by atoms with E-state index < -0.39 is 0 Å². The van der Waals surface area contributed by atoms with Crippen molar-refractivity contribution < 1.29 is 0 Å². The van der Waals surface area contributed by atoms with Crippen molar-refractivity contribution in [1.29, 1.82) is 0 Å². The fraction of sp³-hybridized carbons (Fsp3) is 0.0909. The molecule has 0 fully saturated rings. The van der Waals surface area contributed by atoms with Crippen molar-refractivity contribution in [2.45, 2.75) is 6.92 Å². The summed E-state index contributed by atoms with van der Waals surface area (Å²) in [5, 5.41) is 0. The highest BCUT2D eigenvalue weighted by Crippen LogP contribution is 2.14. The molecule has 14 heavy (non-hydrogen) atoms. The first-order valence-corrected chi connectivity index (χ1v) is 5.42. The minimum atomic E-state index is 0.983. The Labute approximate surface area is 84.8 Å². The van der Waals surface area contributed by atoms with Crippen molar-refractivity contribution in [3.8, 4) is 0 Å². The van der Waals surface area contributed by atoms with Crippen molar-refractivity contribution in [3.05, 3.63) is 47.2 Å². The molecular weight excluding hydrogens is 191 g/mol. The van der Waals surface area contributed by atoms with Crippen molar-refractivity contribution in [2.24, 2.45) is 4.99 Å². The van der Waals surface area contributed by atoms with Crippen LogP contribution in [-0.2, 0) is 0 Å². The van der Waals surface area contributed by atoms with E-state index >= 15 is 0 Å². The van der Waals surface area contributed by atoms with E-state index in [1.165, 1.54) is 13.6 Å². The molecule has 0 amide bonds. The maximum atomic E-state index is 4.35. The number of hydrogen-bond acceptors (Lipinski definition) is 1. The first kappa shape index (κ1) is 9.17. The van der Waals surface area contributed by atoms with E-state index in [2.05, 4.69) is 22.7 Å². The summed E-state index contributed by atoms with van der Waals surface area (Å²) >= 11 is 0. The lowest BCUT2D eigenvalue weighted by Gasteiger charge is -1.90. The average molecular weight is 202 g/mol. The van der Waals surface area contributed by atoms with Crippen LogP contribution in [0.15, 0.2) is 41.1 Å². The van der Waals surface area contributed by atoms with Gasteiger partial charge in [0.25, 0.3) is 0 Å². The van der Waals surface area contributed by atoms with Crippen LogP contribution in [0.2, 0.25) is 0 Å². The van der Waals surface area contributed by atoms with Gasteiger partial charge < -0.3 is 4.98 Å². The van der Waals surface area contributed by atoms with E-state index in [0.717, 1.165) is 11.4 Å². The van der Waals surface area contributed by atoms with Gasteiger partial charge in [0.15, 0.2) is 0 Å². The van der Waals surface area contributed by atoms with E-state index in [1.54, 1.807) is 0 Å². The van der Waals surface area contributed by atoms with Crippen LogP contribution in [0.1, 0.15) is 11.1 Å². The highest BCUT2D eigenvalue weighted by Gasteiger charge is 1.90.